The van der Waals surface area contributed by atoms with Crippen molar-refractivity contribution in [2.45, 2.75) is 51.5 Å². The standard InChI is InChI=1S/C15H25F3N2O5S/c1-4-12(9-19)8-14(3,7-11(2)26(22,23)24)13(21)25-6-5-20-10-15(16,17)18/h11-12,20H,4-8,10H2,1-3H3,(H,22,23,24). The van der Waals surface area contributed by atoms with Crippen molar-refractivity contribution in [2.75, 3.05) is 19.7 Å². The van der Waals surface area contributed by atoms with E-state index in [-0.39, 0.29) is 26.0 Å². The van der Waals surface area contributed by atoms with E-state index in [1.165, 1.54) is 13.8 Å². The molecule has 26 heavy (non-hydrogen) atoms. The lowest BCUT2D eigenvalue weighted by atomic mass is 9.77. The van der Waals surface area contributed by atoms with Crippen molar-refractivity contribution in [3.05, 3.63) is 0 Å². The molecular weight excluding hydrogens is 377 g/mol. The number of halogens is 3. The average molecular weight is 402 g/mol. The number of nitrogens with one attached hydrogen (secondary N) is 1. The molecule has 0 aliphatic heterocycles. The van der Waals surface area contributed by atoms with E-state index in [0.29, 0.717) is 6.42 Å². The van der Waals surface area contributed by atoms with Gasteiger partial charge in [0.2, 0.25) is 0 Å². The Morgan fingerprint density at radius 3 is 2.35 bits per heavy atom. The molecule has 0 aliphatic carbocycles. The van der Waals surface area contributed by atoms with Crippen LogP contribution in [-0.4, -0.2) is 50.1 Å². The van der Waals surface area contributed by atoms with Gasteiger partial charge in [-0.2, -0.15) is 26.9 Å². The summed E-state index contributed by atoms with van der Waals surface area (Å²) in [6, 6.07) is 2.01. The second-order valence-corrected chi connectivity index (χ2v) is 8.29. The molecule has 11 heteroatoms. The molecule has 0 aromatic heterocycles. The van der Waals surface area contributed by atoms with Gasteiger partial charge < -0.3 is 10.1 Å². The highest BCUT2D eigenvalue weighted by atomic mass is 32.2. The second kappa shape index (κ2) is 10.1. The number of nitriles is 1. The van der Waals surface area contributed by atoms with Gasteiger partial charge in [0.25, 0.3) is 10.1 Å². The van der Waals surface area contributed by atoms with Gasteiger partial charge >= 0.3 is 12.1 Å². The molecule has 0 aromatic rings. The molecule has 0 bridgehead atoms. The van der Waals surface area contributed by atoms with Gasteiger partial charge in [-0.15, -0.1) is 0 Å². The Morgan fingerprint density at radius 2 is 1.92 bits per heavy atom. The normalized spacial score (nSPS) is 17.0. The van der Waals surface area contributed by atoms with Crippen molar-refractivity contribution in [3.63, 3.8) is 0 Å². The topological polar surface area (TPSA) is 116 Å². The smallest absolute Gasteiger partial charge is 0.401 e. The van der Waals surface area contributed by atoms with Crippen LogP contribution in [0.25, 0.3) is 0 Å². The number of nitrogens with zero attached hydrogens (tertiary/aromatic N) is 1. The van der Waals surface area contributed by atoms with Gasteiger partial charge in [0, 0.05) is 12.5 Å². The maximum absolute atomic E-state index is 12.4. The van der Waals surface area contributed by atoms with Gasteiger partial charge in [0.15, 0.2) is 0 Å². The first-order valence-electron chi connectivity index (χ1n) is 8.05. The lowest BCUT2D eigenvalue weighted by Crippen LogP contribution is -2.38. The summed E-state index contributed by atoms with van der Waals surface area (Å²) in [5.41, 5.74) is -1.38. The van der Waals surface area contributed by atoms with E-state index in [4.69, 9.17) is 14.6 Å². The number of hydrogen-bond acceptors (Lipinski definition) is 6. The fraction of sp³-hybridized carbons (Fsp3) is 0.867. The Hall–Kier alpha value is -1.38. The number of carbonyl (C=O) groups is 1. The van der Waals surface area contributed by atoms with Crippen LogP contribution in [0.2, 0.25) is 0 Å². The van der Waals surface area contributed by atoms with E-state index in [0.717, 1.165) is 0 Å². The minimum absolute atomic E-state index is 0.00860. The zero-order chi connectivity index (χ0) is 20.6. The molecule has 152 valence electrons. The van der Waals surface area contributed by atoms with Gasteiger partial charge in [-0.3, -0.25) is 9.35 Å². The fourth-order valence-corrected chi connectivity index (χ4v) is 3.01. The van der Waals surface area contributed by atoms with Crippen LogP contribution in [0.3, 0.4) is 0 Å². The molecule has 0 heterocycles. The summed E-state index contributed by atoms with van der Waals surface area (Å²) in [5.74, 6) is -1.36. The van der Waals surface area contributed by atoms with E-state index < -0.39 is 45.4 Å². The van der Waals surface area contributed by atoms with Crippen LogP contribution < -0.4 is 5.32 Å². The number of rotatable bonds is 11. The number of ether oxygens (including phenoxy) is 1. The predicted molar refractivity (Wildman–Crippen MR) is 87.6 cm³/mol. The third kappa shape index (κ3) is 9.35. The van der Waals surface area contributed by atoms with E-state index in [1.54, 1.807) is 6.92 Å². The molecule has 3 atom stereocenters. The molecular formula is C15H25F3N2O5S. The Balaban J connectivity index is 4.98. The highest BCUT2D eigenvalue weighted by molar-refractivity contribution is 7.86. The Morgan fingerprint density at radius 1 is 1.35 bits per heavy atom. The Labute approximate surface area is 151 Å². The molecule has 0 saturated heterocycles. The molecule has 7 nitrogen and oxygen atoms in total. The second-order valence-electron chi connectivity index (χ2n) is 6.46. The summed E-state index contributed by atoms with van der Waals surface area (Å²) in [4.78, 5) is 12.4. The van der Waals surface area contributed by atoms with Crippen molar-refractivity contribution < 1.29 is 35.7 Å². The van der Waals surface area contributed by atoms with Crippen LogP contribution in [0, 0.1) is 22.7 Å². The molecule has 0 amide bonds. The number of carbonyl (C=O) groups excluding carboxylic acids is 1. The lowest BCUT2D eigenvalue weighted by Gasteiger charge is -2.30. The summed E-state index contributed by atoms with van der Waals surface area (Å²) in [7, 11) is -4.39. The third-order valence-corrected chi connectivity index (χ3v) is 5.13. The summed E-state index contributed by atoms with van der Waals surface area (Å²) < 4.78 is 72.7. The van der Waals surface area contributed by atoms with Crippen LogP contribution in [0.4, 0.5) is 13.2 Å². The predicted octanol–water partition coefficient (Wildman–Crippen LogP) is 2.29. The van der Waals surface area contributed by atoms with Gasteiger partial charge in [-0.1, -0.05) is 6.92 Å². The van der Waals surface area contributed by atoms with E-state index in [2.05, 4.69) is 5.32 Å². The van der Waals surface area contributed by atoms with Crippen LogP contribution >= 0.6 is 0 Å². The lowest BCUT2D eigenvalue weighted by molar-refractivity contribution is -0.156. The van der Waals surface area contributed by atoms with E-state index in [9.17, 15) is 26.4 Å². The zero-order valence-corrected chi connectivity index (χ0v) is 15.8. The molecule has 0 spiro atoms. The quantitative estimate of drug-likeness (QED) is 0.309. The molecule has 2 N–H and O–H groups in total. The third-order valence-electron chi connectivity index (χ3n) is 3.95. The molecule has 0 aliphatic rings. The first kappa shape index (κ1) is 24.6. The first-order chi connectivity index (χ1) is 11.7. The minimum atomic E-state index is -4.39. The Kier molecular flexibility index (Phi) is 9.55. The largest absolute Gasteiger partial charge is 0.464 e. The van der Waals surface area contributed by atoms with Crippen LogP contribution in [-0.2, 0) is 19.6 Å². The maximum Gasteiger partial charge on any atom is 0.401 e. The molecule has 0 radical (unpaired) electrons. The SMILES string of the molecule is CCC(C#N)CC(C)(CC(C)S(=O)(=O)O)C(=O)OCCNCC(F)(F)F. The van der Waals surface area contributed by atoms with Gasteiger partial charge in [-0.25, -0.2) is 0 Å². The maximum atomic E-state index is 12.4. The number of alkyl halides is 3. The highest BCUT2D eigenvalue weighted by Gasteiger charge is 2.41. The molecule has 0 fully saturated rings. The number of hydrogen-bond donors (Lipinski definition) is 2. The highest BCUT2D eigenvalue weighted by Crippen LogP contribution is 2.35. The van der Waals surface area contributed by atoms with Crippen molar-refractivity contribution >= 4 is 16.1 Å². The molecule has 0 aromatic carbocycles. The summed E-state index contributed by atoms with van der Waals surface area (Å²) in [5, 5.41) is 9.91. The average Bonchev–Trinajstić information content (AvgIpc) is 2.49. The zero-order valence-electron chi connectivity index (χ0n) is 15.0. The van der Waals surface area contributed by atoms with Crippen LogP contribution in [0.15, 0.2) is 0 Å². The Bertz CT molecular complexity index is 603. The van der Waals surface area contributed by atoms with Gasteiger partial charge in [-0.05, 0) is 33.1 Å². The molecule has 0 rings (SSSR count). The van der Waals surface area contributed by atoms with Crippen molar-refractivity contribution in [2.24, 2.45) is 11.3 Å². The fourth-order valence-electron chi connectivity index (χ4n) is 2.44. The summed E-state index contributed by atoms with van der Waals surface area (Å²) >= 11 is 0. The van der Waals surface area contributed by atoms with Crippen LogP contribution in [0.5, 0.6) is 0 Å². The first-order valence-corrected chi connectivity index (χ1v) is 9.56. The van der Waals surface area contributed by atoms with Crippen molar-refractivity contribution in [1.82, 2.24) is 5.32 Å². The summed E-state index contributed by atoms with van der Waals surface area (Å²) in [6.07, 6.45) is -4.23. The van der Waals surface area contributed by atoms with Gasteiger partial charge in [0.1, 0.15) is 6.61 Å². The molecule has 3 unspecified atom stereocenters. The van der Waals surface area contributed by atoms with E-state index >= 15 is 0 Å². The minimum Gasteiger partial charge on any atom is -0.464 e. The monoisotopic (exact) mass is 402 g/mol. The van der Waals surface area contributed by atoms with Crippen molar-refractivity contribution in [3.8, 4) is 6.07 Å². The summed E-state index contributed by atoms with van der Waals surface area (Å²) in [6.45, 7) is 2.57. The number of esters is 1. The van der Waals surface area contributed by atoms with Gasteiger partial charge in [0.05, 0.1) is 23.3 Å². The van der Waals surface area contributed by atoms with Crippen molar-refractivity contribution in [1.29, 1.82) is 5.26 Å². The van der Waals surface area contributed by atoms with Crippen LogP contribution in [0.1, 0.15) is 40.0 Å². The van der Waals surface area contributed by atoms with E-state index in [1.807, 2.05) is 6.07 Å². The molecule has 0 saturated carbocycles.